The summed E-state index contributed by atoms with van der Waals surface area (Å²) in [5.41, 5.74) is 4.15. The van der Waals surface area contributed by atoms with Crippen molar-refractivity contribution < 1.29 is 9.53 Å². The number of carbonyl (C=O) groups is 1. The summed E-state index contributed by atoms with van der Waals surface area (Å²) in [5.74, 6) is 1.70. The summed E-state index contributed by atoms with van der Waals surface area (Å²) in [6.07, 6.45) is 3.77. The van der Waals surface area contributed by atoms with Gasteiger partial charge in [0, 0.05) is 24.3 Å². The van der Waals surface area contributed by atoms with E-state index in [1.807, 2.05) is 42.5 Å². The molecule has 0 unspecified atom stereocenters. The van der Waals surface area contributed by atoms with Gasteiger partial charge in [-0.25, -0.2) is 9.78 Å². The highest BCUT2D eigenvalue weighted by atomic mass is 16.5. The fourth-order valence-electron chi connectivity index (χ4n) is 3.74. The average molecular weight is 435 g/mol. The van der Waals surface area contributed by atoms with E-state index in [2.05, 4.69) is 48.1 Å². The van der Waals surface area contributed by atoms with E-state index in [9.17, 15) is 4.79 Å². The monoisotopic (exact) mass is 434 g/mol. The van der Waals surface area contributed by atoms with Crippen LogP contribution in [0, 0.1) is 6.92 Å². The summed E-state index contributed by atoms with van der Waals surface area (Å²) < 4.78 is 8.30. The number of ether oxygens (including phenoxy) is 1. The van der Waals surface area contributed by atoms with Crippen LogP contribution in [-0.4, -0.2) is 28.7 Å². The van der Waals surface area contributed by atoms with Gasteiger partial charge in [0.1, 0.15) is 11.6 Å². The molecule has 0 bridgehead atoms. The number of carbonyl (C=O) groups excluding carboxylic acids is 1. The molecule has 0 atom stereocenters. The molecule has 0 aliphatic rings. The van der Waals surface area contributed by atoms with E-state index in [0.29, 0.717) is 24.6 Å². The number of imidazole rings is 1. The summed E-state index contributed by atoms with van der Waals surface area (Å²) in [4.78, 5) is 16.9. The molecule has 3 aromatic rings. The number of urea groups is 1. The zero-order valence-electron chi connectivity index (χ0n) is 19.4. The van der Waals surface area contributed by atoms with E-state index in [-0.39, 0.29) is 6.03 Å². The van der Waals surface area contributed by atoms with Crippen LogP contribution in [-0.2, 0) is 13.0 Å². The van der Waals surface area contributed by atoms with Crippen molar-refractivity contribution in [2.75, 3.05) is 18.5 Å². The third-order valence-corrected chi connectivity index (χ3v) is 5.38. The molecule has 0 fully saturated rings. The molecule has 6 nitrogen and oxygen atoms in total. The fraction of sp³-hybridized carbons (Fsp3) is 0.385. The van der Waals surface area contributed by atoms with E-state index in [0.717, 1.165) is 49.3 Å². The van der Waals surface area contributed by atoms with Gasteiger partial charge in [0.15, 0.2) is 0 Å². The maximum atomic E-state index is 12.1. The van der Waals surface area contributed by atoms with Crippen LogP contribution in [0.2, 0.25) is 0 Å². The second kappa shape index (κ2) is 11.9. The van der Waals surface area contributed by atoms with Crippen molar-refractivity contribution in [3.8, 4) is 17.0 Å². The minimum absolute atomic E-state index is 0.204. The first-order chi connectivity index (χ1) is 15.6. The lowest BCUT2D eigenvalue weighted by atomic mass is 10.1. The van der Waals surface area contributed by atoms with Crippen molar-refractivity contribution in [3.63, 3.8) is 0 Å². The molecule has 6 heteroatoms. The topological polar surface area (TPSA) is 68.2 Å². The molecule has 0 spiro atoms. The Labute approximate surface area is 191 Å². The smallest absolute Gasteiger partial charge is 0.319 e. The third-order valence-electron chi connectivity index (χ3n) is 5.38. The van der Waals surface area contributed by atoms with Crippen molar-refractivity contribution in [3.05, 3.63) is 66.1 Å². The Kier molecular flexibility index (Phi) is 8.72. The molecule has 0 saturated carbocycles. The van der Waals surface area contributed by atoms with Crippen molar-refractivity contribution in [1.29, 1.82) is 0 Å². The molecule has 32 heavy (non-hydrogen) atoms. The molecule has 0 aliphatic carbocycles. The Morgan fingerprint density at radius 1 is 1.03 bits per heavy atom. The molecule has 170 valence electrons. The van der Waals surface area contributed by atoms with Gasteiger partial charge in [0.05, 0.1) is 18.0 Å². The van der Waals surface area contributed by atoms with Gasteiger partial charge in [-0.15, -0.1) is 0 Å². The van der Waals surface area contributed by atoms with Crippen LogP contribution >= 0.6 is 0 Å². The normalized spacial score (nSPS) is 10.7. The molecule has 0 aliphatic heterocycles. The minimum Gasteiger partial charge on any atom is -0.491 e. The zero-order valence-corrected chi connectivity index (χ0v) is 19.4. The minimum atomic E-state index is -0.204. The first kappa shape index (κ1) is 23.4. The molecule has 1 heterocycles. The van der Waals surface area contributed by atoms with Crippen LogP contribution < -0.4 is 15.4 Å². The van der Waals surface area contributed by atoms with E-state index in [4.69, 9.17) is 9.72 Å². The number of hydrogen-bond acceptors (Lipinski definition) is 3. The Morgan fingerprint density at radius 3 is 2.53 bits per heavy atom. The standard InChI is InChI=1S/C26H34N4O2/c1-4-6-17-27-26(31)29-22-15-10-11-16-24(22)32-19-12-18-30-20(3)28-25(23(30)5-2)21-13-8-7-9-14-21/h7-11,13-16H,4-6,12,17-19H2,1-3H3,(H2,27,29,31). The van der Waals surface area contributed by atoms with E-state index < -0.39 is 0 Å². The molecule has 3 rings (SSSR count). The number of benzene rings is 2. The number of aryl methyl sites for hydroxylation is 1. The van der Waals surface area contributed by atoms with Crippen LogP contribution in [0.1, 0.15) is 44.6 Å². The van der Waals surface area contributed by atoms with Gasteiger partial charge in [-0.3, -0.25) is 0 Å². The van der Waals surface area contributed by atoms with Crippen molar-refractivity contribution in [1.82, 2.24) is 14.9 Å². The molecular weight excluding hydrogens is 400 g/mol. The van der Waals surface area contributed by atoms with Gasteiger partial charge in [-0.2, -0.15) is 0 Å². The molecule has 2 N–H and O–H groups in total. The number of amides is 2. The Balaban J connectivity index is 1.58. The lowest BCUT2D eigenvalue weighted by Gasteiger charge is -2.14. The first-order valence-electron chi connectivity index (χ1n) is 11.5. The predicted molar refractivity (Wildman–Crippen MR) is 130 cm³/mol. The Bertz CT molecular complexity index is 998. The molecule has 1 aromatic heterocycles. The summed E-state index contributed by atoms with van der Waals surface area (Å²) in [7, 11) is 0. The van der Waals surface area contributed by atoms with Crippen molar-refractivity contribution >= 4 is 11.7 Å². The maximum absolute atomic E-state index is 12.1. The first-order valence-corrected chi connectivity index (χ1v) is 11.5. The average Bonchev–Trinajstić information content (AvgIpc) is 3.13. The van der Waals surface area contributed by atoms with Gasteiger partial charge in [0.2, 0.25) is 0 Å². The van der Waals surface area contributed by atoms with Crippen LogP contribution in [0.25, 0.3) is 11.3 Å². The highest BCUT2D eigenvalue weighted by Gasteiger charge is 2.14. The van der Waals surface area contributed by atoms with Gasteiger partial charge >= 0.3 is 6.03 Å². The molecule has 2 aromatic carbocycles. The predicted octanol–water partition coefficient (Wildman–Crippen LogP) is 5.81. The lowest BCUT2D eigenvalue weighted by Crippen LogP contribution is -2.29. The Hall–Kier alpha value is -3.28. The van der Waals surface area contributed by atoms with Crippen LogP contribution in [0.15, 0.2) is 54.6 Å². The second-order valence-electron chi connectivity index (χ2n) is 7.76. The number of nitrogens with zero attached hydrogens (tertiary/aromatic N) is 2. The number of anilines is 1. The van der Waals surface area contributed by atoms with E-state index in [1.165, 1.54) is 5.69 Å². The largest absolute Gasteiger partial charge is 0.491 e. The van der Waals surface area contributed by atoms with Crippen molar-refractivity contribution in [2.45, 2.75) is 53.0 Å². The Morgan fingerprint density at radius 2 is 1.78 bits per heavy atom. The van der Waals surface area contributed by atoms with Crippen molar-refractivity contribution in [2.24, 2.45) is 0 Å². The van der Waals surface area contributed by atoms with Crippen LogP contribution in [0.5, 0.6) is 5.75 Å². The SMILES string of the molecule is CCCCNC(=O)Nc1ccccc1OCCCn1c(C)nc(-c2ccccc2)c1CC. The molecule has 2 amide bonds. The number of nitrogens with one attached hydrogen (secondary N) is 2. The summed E-state index contributed by atoms with van der Waals surface area (Å²) in [6, 6.07) is 17.7. The maximum Gasteiger partial charge on any atom is 0.319 e. The molecule has 0 saturated heterocycles. The number of rotatable bonds is 11. The lowest BCUT2D eigenvalue weighted by molar-refractivity contribution is 0.251. The fourth-order valence-corrected chi connectivity index (χ4v) is 3.74. The zero-order chi connectivity index (χ0) is 22.8. The van der Waals surface area contributed by atoms with Gasteiger partial charge < -0.3 is 19.9 Å². The van der Waals surface area contributed by atoms with Crippen LogP contribution in [0.3, 0.4) is 0 Å². The number of aromatic nitrogens is 2. The summed E-state index contributed by atoms with van der Waals surface area (Å²) in [5, 5.41) is 5.75. The highest BCUT2D eigenvalue weighted by molar-refractivity contribution is 5.90. The molecule has 0 radical (unpaired) electrons. The number of para-hydroxylation sites is 2. The van der Waals surface area contributed by atoms with Crippen LogP contribution in [0.4, 0.5) is 10.5 Å². The molecular formula is C26H34N4O2. The number of unbranched alkanes of at least 4 members (excludes halogenated alkanes) is 1. The van der Waals surface area contributed by atoms with Gasteiger partial charge in [-0.05, 0) is 38.3 Å². The number of hydrogen-bond donors (Lipinski definition) is 2. The van der Waals surface area contributed by atoms with E-state index >= 15 is 0 Å². The second-order valence-corrected chi connectivity index (χ2v) is 7.76. The summed E-state index contributed by atoms with van der Waals surface area (Å²) >= 11 is 0. The van der Waals surface area contributed by atoms with Gasteiger partial charge in [-0.1, -0.05) is 62.7 Å². The van der Waals surface area contributed by atoms with Gasteiger partial charge in [0.25, 0.3) is 0 Å². The summed E-state index contributed by atoms with van der Waals surface area (Å²) in [6.45, 7) is 8.38. The highest BCUT2D eigenvalue weighted by Crippen LogP contribution is 2.26. The third kappa shape index (κ3) is 6.13. The quantitative estimate of drug-likeness (QED) is 0.374. The van der Waals surface area contributed by atoms with E-state index in [1.54, 1.807) is 0 Å².